The largest absolute Gasteiger partial charge is 0.497 e. The third-order valence-corrected chi connectivity index (χ3v) is 4.38. The first-order valence-corrected chi connectivity index (χ1v) is 9.04. The molecule has 0 aliphatic carbocycles. The van der Waals surface area contributed by atoms with Crippen molar-refractivity contribution in [1.29, 1.82) is 0 Å². The minimum Gasteiger partial charge on any atom is -0.497 e. The van der Waals surface area contributed by atoms with Crippen LogP contribution in [0.25, 0.3) is 0 Å². The van der Waals surface area contributed by atoms with E-state index in [-0.39, 0.29) is 11.4 Å². The standard InChI is InChI=1S/C22H21N3O4/c1-29-19-12-8-17(9-13-19)15-23-14-16-6-10-18(11-7-16)22(26)24-20-4-2-3-5-21(20)25(27)28/h2-13,23H,14-15H2,1H3,(H,24,26). The lowest BCUT2D eigenvalue weighted by atomic mass is 10.1. The van der Waals surface area contributed by atoms with E-state index in [1.165, 1.54) is 12.1 Å². The second kappa shape index (κ2) is 9.48. The van der Waals surface area contributed by atoms with Gasteiger partial charge in [-0.1, -0.05) is 36.4 Å². The quantitative estimate of drug-likeness (QED) is 0.444. The van der Waals surface area contributed by atoms with Crippen molar-refractivity contribution in [2.75, 3.05) is 12.4 Å². The van der Waals surface area contributed by atoms with Gasteiger partial charge in [0, 0.05) is 24.7 Å². The Labute approximate surface area is 168 Å². The van der Waals surface area contributed by atoms with Crippen LogP contribution in [0.4, 0.5) is 11.4 Å². The van der Waals surface area contributed by atoms with Crippen LogP contribution >= 0.6 is 0 Å². The zero-order chi connectivity index (χ0) is 20.6. The number of amides is 1. The van der Waals surface area contributed by atoms with Crippen molar-refractivity contribution in [2.45, 2.75) is 13.1 Å². The van der Waals surface area contributed by atoms with Gasteiger partial charge in [0.05, 0.1) is 12.0 Å². The molecular formula is C22H21N3O4. The van der Waals surface area contributed by atoms with Crippen LogP contribution in [-0.4, -0.2) is 17.9 Å². The average Bonchev–Trinajstić information content (AvgIpc) is 2.75. The Hall–Kier alpha value is -3.71. The van der Waals surface area contributed by atoms with Gasteiger partial charge in [-0.2, -0.15) is 0 Å². The number of carbonyl (C=O) groups excluding carboxylic acids is 1. The van der Waals surface area contributed by atoms with E-state index in [9.17, 15) is 14.9 Å². The highest BCUT2D eigenvalue weighted by molar-refractivity contribution is 6.05. The van der Waals surface area contributed by atoms with Gasteiger partial charge in [-0.3, -0.25) is 14.9 Å². The summed E-state index contributed by atoms with van der Waals surface area (Å²) in [4.78, 5) is 22.9. The molecule has 0 atom stereocenters. The molecular weight excluding hydrogens is 370 g/mol. The number of nitro benzene ring substituents is 1. The maximum absolute atomic E-state index is 12.4. The molecule has 0 aliphatic rings. The number of carbonyl (C=O) groups is 1. The lowest BCUT2D eigenvalue weighted by molar-refractivity contribution is -0.383. The Morgan fingerprint density at radius 2 is 1.52 bits per heavy atom. The minimum absolute atomic E-state index is 0.139. The molecule has 3 aromatic rings. The van der Waals surface area contributed by atoms with Crippen molar-refractivity contribution < 1.29 is 14.5 Å². The highest BCUT2D eigenvalue weighted by Crippen LogP contribution is 2.23. The van der Waals surface area contributed by atoms with Crippen LogP contribution in [0.3, 0.4) is 0 Å². The Morgan fingerprint density at radius 1 is 0.931 bits per heavy atom. The number of methoxy groups -OCH3 is 1. The monoisotopic (exact) mass is 391 g/mol. The molecule has 3 aromatic carbocycles. The molecule has 7 nitrogen and oxygen atoms in total. The summed E-state index contributed by atoms with van der Waals surface area (Å²) in [5, 5.41) is 17.0. The van der Waals surface area contributed by atoms with Crippen LogP contribution in [-0.2, 0) is 13.1 Å². The van der Waals surface area contributed by atoms with Gasteiger partial charge in [-0.05, 0) is 41.5 Å². The van der Waals surface area contributed by atoms with Crippen LogP contribution in [0.1, 0.15) is 21.5 Å². The normalized spacial score (nSPS) is 10.4. The van der Waals surface area contributed by atoms with E-state index in [1.54, 1.807) is 31.4 Å². The van der Waals surface area contributed by atoms with E-state index < -0.39 is 10.8 Å². The molecule has 2 N–H and O–H groups in total. The first kappa shape index (κ1) is 20.0. The van der Waals surface area contributed by atoms with Crippen LogP contribution in [0.5, 0.6) is 5.75 Å². The van der Waals surface area contributed by atoms with E-state index in [0.717, 1.165) is 16.9 Å². The number of nitrogens with zero attached hydrogens (tertiary/aromatic N) is 1. The first-order valence-electron chi connectivity index (χ1n) is 9.04. The number of rotatable bonds is 8. The van der Waals surface area contributed by atoms with Crippen molar-refractivity contribution in [2.24, 2.45) is 0 Å². The van der Waals surface area contributed by atoms with E-state index >= 15 is 0 Å². The zero-order valence-electron chi connectivity index (χ0n) is 15.9. The minimum atomic E-state index is -0.521. The number of anilines is 1. The summed E-state index contributed by atoms with van der Waals surface area (Å²) in [6, 6.07) is 21.0. The van der Waals surface area contributed by atoms with Gasteiger partial charge in [0.2, 0.25) is 0 Å². The van der Waals surface area contributed by atoms with Crippen molar-refractivity contribution in [3.8, 4) is 5.75 Å². The molecule has 3 rings (SSSR count). The summed E-state index contributed by atoms with van der Waals surface area (Å²) >= 11 is 0. The Balaban J connectivity index is 1.55. The summed E-state index contributed by atoms with van der Waals surface area (Å²) in [6.07, 6.45) is 0. The smallest absolute Gasteiger partial charge is 0.292 e. The van der Waals surface area contributed by atoms with E-state index in [2.05, 4.69) is 10.6 Å². The van der Waals surface area contributed by atoms with Crippen molar-refractivity contribution in [3.63, 3.8) is 0 Å². The van der Waals surface area contributed by atoms with Crippen molar-refractivity contribution >= 4 is 17.3 Å². The number of benzene rings is 3. The lowest BCUT2D eigenvalue weighted by Crippen LogP contribution is -2.14. The maximum atomic E-state index is 12.4. The fourth-order valence-electron chi connectivity index (χ4n) is 2.80. The number of nitrogens with one attached hydrogen (secondary N) is 2. The van der Waals surface area contributed by atoms with Crippen molar-refractivity contribution in [3.05, 3.63) is 99.6 Å². The molecule has 7 heteroatoms. The summed E-state index contributed by atoms with van der Waals surface area (Å²) in [5.74, 6) is 0.431. The molecule has 1 amide bonds. The second-order valence-electron chi connectivity index (χ2n) is 6.38. The molecule has 0 fully saturated rings. The highest BCUT2D eigenvalue weighted by Gasteiger charge is 2.15. The van der Waals surface area contributed by atoms with Gasteiger partial charge in [-0.25, -0.2) is 0 Å². The highest BCUT2D eigenvalue weighted by atomic mass is 16.6. The van der Waals surface area contributed by atoms with Gasteiger partial charge >= 0.3 is 0 Å². The fraction of sp³-hybridized carbons (Fsp3) is 0.136. The zero-order valence-corrected chi connectivity index (χ0v) is 15.9. The number of nitro groups is 1. The van der Waals surface area contributed by atoms with Gasteiger partial charge in [-0.15, -0.1) is 0 Å². The van der Waals surface area contributed by atoms with Gasteiger partial charge in [0.1, 0.15) is 11.4 Å². The third kappa shape index (κ3) is 5.40. The Morgan fingerprint density at radius 3 is 2.10 bits per heavy atom. The van der Waals surface area contributed by atoms with Gasteiger partial charge in [0.15, 0.2) is 0 Å². The summed E-state index contributed by atoms with van der Waals surface area (Å²) in [7, 11) is 1.64. The Kier molecular flexibility index (Phi) is 6.55. The number of hydrogen-bond donors (Lipinski definition) is 2. The van der Waals surface area contributed by atoms with Gasteiger partial charge in [0.25, 0.3) is 11.6 Å². The SMILES string of the molecule is COc1ccc(CNCc2ccc(C(=O)Nc3ccccc3[N+](=O)[O-])cc2)cc1. The molecule has 0 heterocycles. The Bertz CT molecular complexity index is 986. The lowest BCUT2D eigenvalue weighted by Gasteiger charge is -2.08. The molecule has 0 saturated heterocycles. The summed E-state index contributed by atoms with van der Waals surface area (Å²) < 4.78 is 5.14. The number of para-hydroxylation sites is 2. The topological polar surface area (TPSA) is 93.5 Å². The maximum Gasteiger partial charge on any atom is 0.292 e. The summed E-state index contributed by atoms with van der Waals surface area (Å²) in [5.41, 5.74) is 2.64. The molecule has 0 spiro atoms. The van der Waals surface area contributed by atoms with E-state index in [4.69, 9.17) is 4.74 Å². The number of ether oxygens (including phenoxy) is 1. The predicted molar refractivity (Wildman–Crippen MR) is 111 cm³/mol. The van der Waals surface area contributed by atoms with E-state index in [0.29, 0.717) is 18.7 Å². The van der Waals surface area contributed by atoms with Crippen LogP contribution < -0.4 is 15.4 Å². The number of hydrogen-bond acceptors (Lipinski definition) is 5. The molecule has 0 aromatic heterocycles. The molecule has 0 unspecified atom stereocenters. The van der Waals surface area contributed by atoms with E-state index in [1.807, 2.05) is 36.4 Å². The average molecular weight is 391 g/mol. The fourth-order valence-corrected chi connectivity index (χ4v) is 2.80. The van der Waals surface area contributed by atoms with Crippen LogP contribution in [0.15, 0.2) is 72.8 Å². The molecule has 0 bridgehead atoms. The van der Waals surface area contributed by atoms with Crippen LogP contribution in [0.2, 0.25) is 0 Å². The molecule has 148 valence electrons. The molecule has 0 radical (unpaired) electrons. The summed E-state index contributed by atoms with van der Waals surface area (Å²) in [6.45, 7) is 1.36. The predicted octanol–water partition coefficient (Wildman–Crippen LogP) is 4.15. The molecule has 0 aliphatic heterocycles. The first-order chi connectivity index (χ1) is 14.1. The van der Waals surface area contributed by atoms with Gasteiger partial charge < -0.3 is 15.4 Å². The molecule has 29 heavy (non-hydrogen) atoms. The molecule has 0 saturated carbocycles. The second-order valence-corrected chi connectivity index (χ2v) is 6.38. The van der Waals surface area contributed by atoms with Crippen LogP contribution in [0, 0.1) is 10.1 Å². The third-order valence-electron chi connectivity index (χ3n) is 4.38. The van der Waals surface area contributed by atoms with Crippen molar-refractivity contribution in [1.82, 2.24) is 5.32 Å².